The van der Waals surface area contributed by atoms with Gasteiger partial charge >= 0.3 is 5.69 Å². The average molecular weight is 246 g/mol. The minimum absolute atomic E-state index is 0.221. The molecule has 2 aromatic rings. The Balaban J connectivity index is 2.06. The van der Waals surface area contributed by atoms with Gasteiger partial charge in [0.05, 0.1) is 0 Å². The largest absolute Gasteiger partial charge is 0.369 e. The fourth-order valence-corrected chi connectivity index (χ4v) is 2.08. The number of nitrogens with one attached hydrogen (secondary N) is 2. The topological polar surface area (TPSA) is 102 Å². The van der Waals surface area contributed by atoms with E-state index < -0.39 is 17.5 Å². The zero-order valence-electron chi connectivity index (χ0n) is 9.25. The summed E-state index contributed by atoms with van der Waals surface area (Å²) in [6.45, 7) is 0.397. The van der Waals surface area contributed by atoms with Gasteiger partial charge in [-0.15, -0.1) is 0 Å². The van der Waals surface area contributed by atoms with Crippen LogP contribution in [-0.4, -0.2) is 20.1 Å². The van der Waals surface area contributed by atoms with E-state index in [9.17, 15) is 14.7 Å². The lowest BCUT2D eigenvalue weighted by atomic mass is 10.2. The maximum Gasteiger partial charge on any atom is 0.325 e. The number of aliphatic hydroxyl groups excluding tert-OH is 1. The number of pyridine rings is 1. The highest BCUT2D eigenvalue weighted by atomic mass is 16.3. The number of aromatic nitrogens is 3. The van der Waals surface area contributed by atoms with Gasteiger partial charge in [0, 0.05) is 30.7 Å². The number of hydrogen-bond donors (Lipinski definition) is 3. The van der Waals surface area contributed by atoms with E-state index >= 15 is 0 Å². The van der Waals surface area contributed by atoms with Crippen LogP contribution in [0.15, 0.2) is 34.2 Å². The Kier molecular flexibility index (Phi) is 2.27. The number of H-pyrrole nitrogens is 2. The number of aromatic amines is 2. The van der Waals surface area contributed by atoms with Gasteiger partial charge in [-0.3, -0.25) is 14.8 Å². The molecular weight excluding hydrogens is 236 g/mol. The maximum atomic E-state index is 11.7. The van der Waals surface area contributed by atoms with E-state index in [1.807, 2.05) is 0 Å². The second-order valence-corrected chi connectivity index (χ2v) is 4.03. The van der Waals surface area contributed by atoms with Crippen molar-refractivity contribution in [3.8, 4) is 0 Å². The molecule has 3 N–H and O–H groups in total. The van der Waals surface area contributed by atoms with Crippen LogP contribution in [0.2, 0.25) is 0 Å². The van der Waals surface area contributed by atoms with Gasteiger partial charge in [0.15, 0.2) is 6.23 Å². The van der Waals surface area contributed by atoms with Gasteiger partial charge in [0.1, 0.15) is 5.69 Å². The van der Waals surface area contributed by atoms with E-state index in [2.05, 4.69) is 15.0 Å². The van der Waals surface area contributed by atoms with E-state index in [4.69, 9.17) is 0 Å². The summed E-state index contributed by atoms with van der Waals surface area (Å²) in [5.41, 5.74) is 0.694. The number of fused-ring (bicyclic) bond motifs is 1. The summed E-state index contributed by atoms with van der Waals surface area (Å²) in [5, 5.41) is 10.1. The molecule has 0 bridgehead atoms. The summed E-state index contributed by atoms with van der Waals surface area (Å²) in [7, 11) is 0. The molecule has 0 saturated heterocycles. The summed E-state index contributed by atoms with van der Waals surface area (Å²) < 4.78 is 0. The molecule has 1 unspecified atom stereocenters. The van der Waals surface area contributed by atoms with Crippen molar-refractivity contribution in [2.24, 2.45) is 0 Å². The van der Waals surface area contributed by atoms with Crippen molar-refractivity contribution in [1.82, 2.24) is 15.0 Å². The van der Waals surface area contributed by atoms with E-state index in [0.717, 1.165) is 5.56 Å². The van der Waals surface area contributed by atoms with Crippen molar-refractivity contribution in [1.29, 1.82) is 0 Å². The summed E-state index contributed by atoms with van der Waals surface area (Å²) >= 11 is 0. The molecule has 7 nitrogen and oxygen atoms in total. The van der Waals surface area contributed by atoms with Crippen LogP contribution in [0.25, 0.3) is 0 Å². The predicted octanol–water partition coefficient (Wildman–Crippen LogP) is -0.531. The lowest BCUT2D eigenvalue weighted by Gasteiger charge is -2.21. The van der Waals surface area contributed by atoms with Crippen LogP contribution in [0.3, 0.4) is 0 Å². The second-order valence-electron chi connectivity index (χ2n) is 4.03. The van der Waals surface area contributed by atoms with E-state index in [-0.39, 0.29) is 5.69 Å². The summed E-state index contributed by atoms with van der Waals surface area (Å²) in [6.07, 6.45) is 3.57. The lowest BCUT2D eigenvalue weighted by molar-refractivity contribution is 0.181. The Morgan fingerprint density at radius 1 is 1.44 bits per heavy atom. The minimum atomic E-state index is -0.930. The molecule has 18 heavy (non-hydrogen) atoms. The quantitative estimate of drug-likeness (QED) is 0.627. The molecule has 0 radical (unpaired) electrons. The number of anilines is 1. The van der Waals surface area contributed by atoms with E-state index in [0.29, 0.717) is 12.1 Å². The van der Waals surface area contributed by atoms with Crippen LogP contribution in [-0.2, 0) is 6.54 Å². The molecule has 0 aromatic carbocycles. The molecule has 0 saturated carbocycles. The standard InChI is InChI=1S/C11H10N4O3/c16-9-8(4-13-11(18)14-9)15-5-6-1-2-12-3-7(6)10(15)17/h1-4,10,17H,5H2,(H2,13,14,16,18). The normalized spacial score (nSPS) is 17.8. The first-order valence-electron chi connectivity index (χ1n) is 5.36. The van der Waals surface area contributed by atoms with Gasteiger partial charge in [-0.2, -0.15) is 0 Å². The van der Waals surface area contributed by atoms with Crippen LogP contribution >= 0.6 is 0 Å². The Labute approximate surface area is 101 Å². The van der Waals surface area contributed by atoms with Crippen LogP contribution in [0.4, 0.5) is 5.69 Å². The third-order valence-corrected chi connectivity index (χ3v) is 2.97. The van der Waals surface area contributed by atoms with Crippen LogP contribution in [0, 0.1) is 0 Å². The van der Waals surface area contributed by atoms with E-state index in [1.54, 1.807) is 18.5 Å². The molecule has 7 heteroatoms. The first-order valence-corrected chi connectivity index (χ1v) is 5.36. The summed E-state index contributed by atoms with van der Waals surface area (Å²) in [6, 6.07) is 1.79. The van der Waals surface area contributed by atoms with E-state index in [1.165, 1.54) is 11.1 Å². The van der Waals surface area contributed by atoms with Gasteiger partial charge in [-0.1, -0.05) is 0 Å². The van der Waals surface area contributed by atoms with Crippen molar-refractivity contribution in [2.45, 2.75) is 12.8 Å². The van der Waals surface area contributed by atoms with Gasteiger partial charge < -0.3 is 15.0 Å². The van der Waals surface area contributed by atoms with Crippen molar-refractivity contribution in [2.75, 3.05) is 4.90 Å². The van der Waals surface area contributed by atoms with Crippen molar-refractivity contribution in [3.05, 3.63) is 56.6 Å². The fraction of sp³-hybridized carbons (Fsp3) is 0.182. The third kappa shape index (κ3) is 1.52. The number of aliphatic hydroxyl groups is 1. The zero-order valence-corrected chi connectivity index (χ0v) is 9.25. The van der Waals surface area contributed by atoms with Crippen molar-refractivity contribution in [3.63, 3.8) is 0 Å². The average Bonchev–Trinajstić information content (AvgIpc) is 2.68. The van der Waals surface area contributed by atoms with Crippen molar-refractivity contribution < 1.29 is 5.11 Å². The highest BCUT2D eigenvalue weighted by molar-refractivity contribution is 5.50. The number of rotatable bonds is 1. The molecule has 0 fully saturated rings. The lowest BCUT2D eigenvalue weighted by Crippen LogP contribution is -2.31. The Morgan fingerprint density at radius 2 is 2.28 bits per heavy atom. The highest BCUT2D eigenvalue weighted by Gasteiger charge is 2.30. The van der Waals surface area contributed by atoms with Gasteiger partial charge in [-0.05, 0) is 11.6 Å². The Hall–Kier alpha value is -2.41. The Morgan fingerprint density at radius 3 is 3.00 bits per heavy atom. The third-order valence-electron chi connectivity index (χ3n) is 2.97. The molecule has 0 spiro atoms. The number of hydrogen-bond acceptors (Lipinski definition) is 5. The monoisotopic (exact) mass is 246 g/mol. The molecular formula is C11H10N4O3. The van der Waals surface area contributed by atoms with Gasteiger partial charge in [0.2, 0.25) is 0 Å². The van der Waals surface area contributed by atoms with Crippen molar-refractivity contribution >= 4 is 5.69 Å². The summed E-state index contributed by atoms with van der Waals surface area (Å²) in [5.74, 6) is 0. The molecule has 2 aromatic heterocycles. The zero-order chi connectivity index (χ0) is 12.7. The molecule has 3 heterocycles. The van der Waals surface area contributed by atoms with Gasteiger partial charge in [0.25, 0.3) is 5.56 Å². The molecule has 3 rings (SSSR count). The molecule has 1 aliphatic rings. The maximum absolute atomic E-state index is 11.7. The number of nitrogens with zero attached hydrogens (tertiary/aromatic N) is 2. The second kappa shape index (κ2) is 3.81. The molecule has 1 atom stereocenters. The first kappa shape index (κ1) is 10.7. The van der Waals surface area contributed by atoms with Crippen LogP contribution in [0.5, 0.6) is 0 Å². The van der Waals surface area contributed by atoms with Crippen LogP contribution < -0.4 is 16.1 Å². The van der Waals surface area contributed by atoms with Gasteiger partial charge in [-0.25, -0.2) is 4.79 Å². The fourth-order valence-electron chi connectivity index (χ4n) is 2.08. The first-order chi connectivity index (χ1) is 8.66. The molecule has 0 aliphatic carbocycles. The molecule has 1 aliphatic heterocycles. The molecule has 0 amide bonds. The molecule has 92 valence electrons. The highest BCUT2D eigenvalue weighted by Crippen LogP contribution is 2.32. The minimum Gasteiger partial charge on any atom is -0.369 e. The van der Waals surface area contributed by atoms with Crippen LogP contribution in [0.1, 0.15) is 17.4 Å². The Bertz CT molecular complexity index is 706. The predicted molar refractivity (Wildman–Crippen MR) is 63.1 cm³/mol. The SMILES string of the molecule is O=c1[nH]cc(N2Cc3ccncc3C2O)c(=O)[nH]1. The summed E-state index contributed by atoms with van der Waals surface area (Å²) in [4.78, 5) is 32.6. The smallest absolute Gasteiger partial charge is 0.325 e.